The van der Waals surface area contributed by atoms with Crippen molar-refractivity contribution >= 4 is 22.3 Å². The van der Waals surface area contributed by atoms with Crippen LogP contribution in [0.15, 0.2) is 53.8 Å². The molecule has 4 rings (SSSR count). The zero-order valence-corrected chi connectivity index (χ0v) is 15.8. The minimum Gasteiger partial charge on any atom is -0.394 e. The number of benzene rings is 1. The Bertz CT molecular complexity index is 1170. The molecular weight excluding hydrogens is 372 g/mol. The molecule has 4 aromatic rings. The minimum atomic E-state index is -0.969. The summed E-state index contributed by atoms with van der Waals surface area (Å²) in [4.78, 5) is 9.40. The lowest BCUT2D eigenvalue weighted by molar-refractivity contribution is 0.00831. The van der Waals surface area contributed by atoms with Gasteiger partial charge in [0.2, 0.25) is 0 Å². The van der Waals surface area contributed by atoms with Gasteiger partial charge in [0, 0.05) is 18.0 Å². The molecule has 0 radical (unpaired) electrons. The Labute approximate surface area is 166 Å². The number of aliphatic hydroxyl groups excluding tert-OH is 2. The summed E-state index contributed by atoms with van der Waals surface area (Å²) in [6.07, 6.45) is 1.37. The highest BCUT2D eigenvalue weighted by Crippen LogP contribution is 2.16. The monoisotopic (exact) mass is 392 g/mol. The van der Waals surface area contributed by atoms with Crippen molar-refractivity contribution in [1.29, 1.82) is 0 Å². The molecule has 0 fully saturated rings. The topological polar surface area (TPSA) is 118 Å². The molecule has 0 spiro atoms. The maximum absolute atomic E-state index is 9.31. The van der Waals surface area contributed by atoms with E-state index in [1.807, 2.05) is 30.3 Å². The molecule has 0 aliphatic carbocycles. The van der Waals surface area contributed by atoms with E-state index >= 15 is 0 Å². The second-order valence-electron chi connectivity index (χ2n) is 6.62. The van der Waals surface area contributed by atoms with E-state index in [1.54, 1.807) is 23.7 Å². The summed E-state index contributed by atoms with van der Waals surface area (Å²) in [6, 6.07) is 13.6. The number of pyridine rings is 1. The zero-order valence-electron chi connectivity index (χ0n) is 15.8. The molecule has 1 unspecified atom stereocenters. The molecule has 148 valence electrons. The number of hydrogen-bond acceptors (Lipinski definition) is 8. The van der Waals surface area contributed by atoms with Gasteiger partial charge < -0.3 is 15.1 Å². The van der Waals surface area contributed by atoms with Crippen molar-refractivity contribution in [3.8, 4) is 0 Å². The van der Waals surface area contributed by atoms with Crippen molar-refractivity contribution in [2.24, 2.45) is 5.16 Å². The van der Waals surface area contributed by atoms with E-state index in [0.717, 1.165) is 16.5 Å². The molecule has 29 heavy (non-hydrogen) atoms. The fraction of sp³-hybridized carbons (Fsp3) is 0.250. The van der Waals surface area contributed by atoms with Crippen LogP contribution in [0, 0.1) is 0 Å². The third-order valence-electron chi connectivity index (χ3n) is 4.41. The van der Waals surface area contributed by atoms with Crippen molar-refractivity contribution in [3.05, 3.63) is 65.7 Å². The Morgan fingerprint density at radius 2 is 2.10 bits per heavy atom. The van der Waals surface area contributed by atoms with Gasteiger partial charge in [0.1, 0.15) is 24.1 Å². The van der Waals surface area contributed by atoms with E-state index in [-0.39, 0.29) is 13.2 Å². The second kappa shape index (κ2) is 8.29. The van der Waals surface area contributed by atoms with Gasteiger partial charge in [-0.1, -0.05) is 17.3 Å². The summed E-state index contributed by atoms with van der Waals surface area (Å²) in [7, 11) is 0. The lowest BCUT2D eigenvalue weighted by atomic mass is 10.1. The van der Waals surface area contributed by atoms with Crippen LogP contribution in [0.4, 0.5) is 0 Å². The van der Waals surface area contributed by atoms with Crippen molar-refractivity contribution in [2.45, 2.75) is 19.4 Å². The molecule has 0 bridgehead atoms. The summed E-state index contributed by atoms with van der Waals surface area (Å²) in [5.74, 6) is 0.703. The second-order valence-corrected chi connectivity index (χ2v) is 6.62. The van der Waals surface area contributed by atoms with Crippen LogP contribution in [0.25, 0.3) is 16.6 Å². The molecule has 0 aliphatic rings. The molecule has 0 saturated carbocycles. The Kier molecular flexibility index (Phi) is 5.41. The van der Waals surface area contributed by atoms with Crippen LogP contribution < -0.4 is 0 Å². The maximum atomic E-state index is 9.31. The van der Waals surface area contributed by atoms with Crippen molar-refractivity contribution in [1.82, 2.24) is 24.8 Å². The first-order valence-electron chi connectivity index (χ1n) is 9.15. The first-order chi connectivity index (χ1) is 14.1. The number of fused-ring (bicyclic) bond motifs is 2. The van der Waals surface area contributed by atoms with E-state index in [1.165, 1.54) is 0 Å². The van der Waals surface area contributed by atoms with Crippen molar-refractivity contribution in [3.63, 3.8) is 0 Å². The SMILES string of the molecule is CC(=NOCC(O)CO)c1ccc2nnc(Cc3ccc4ncccc4c3)n2n1. The average molecular weight is 392 g/mol. The van der Waals surface area contributed by atoms with E-state index in [2.05, 4.69) is 31.5 Å². The highest BCUT2D eigenvalue weighted by atomic mass is 16.6. The molecule has 1 aromatic carbocycles. The van der Waals surface area contributed by atoms with Crippen LogP contribution in [0.3, 0.4) is 0 Å². The predicted molar refractivity (Wildman–Crippen MR) is 107 cm³/mol. The Balaban J connectivity index is 1.58. The summed E-state index contributed by atoms with van der Waals surface area (Å²) < 4.78 is 1.68. The molecule has 0 aliphatic heterocycles. The number of hydrogen-bond donors (Lipinski definition) is 2. The zero-order chi connectivity index (χ0) is 20.2. The van der Waals surface area contributed by atoms with Gasteiger partial charge in [-0.25, -0.2) is 0 Å². The lowest BCUT2D eigenvalue weighted by Gasteiger charge is -2.06. The molecule has 3 aromatic heterocycles. The number of nitrogens with zero attached hydrogens (tertiary/aromatic N) is 6. The first-order valence-corrected chi connectivity index (χ1v) is 9.15. The standard InChI is InChI=1S/C20H20N6O3/c1-13(25-29-12-16(28)11-27)17-6-7-19-22-23-20(26(19)24-17)10-14-4-5-18-15(9-14)3-2-8-21-18/h2-9,16,27-28H,10-12H2,1H3. The summed E-state index contributed by atoms with van der Waals surface area (Å²) in [5, 5.41) is 36.2. The molecule has 2 N–H and O–H groups in total. The van der Waals surface area contributed by atoms with Crippen molar-refractivity contribution < 1.29 is 15.1 Å². The van der Waals surface area contributed by atoms with Gasteiger partial charge in [-0.3, -0.25) is 4.98 Å². The number of oxime groups is 1. The number of aromatic nitrogens is 5. The molecule has 9 nitrogen and oxygen atoms in total. The van der Waals surface area contributed by atoms with E-state index < -0.39 is 6.10 Å². The van der Waals surface area contributed by atoms with Gasteiger partial charge in [-0.05, 0) is 42.8 Å². The first kappa shape index (κ1) is 18.9. The Morgan fingerprint density at radius 1 is 1.21 bits per heavy atom. The van der Waals surface area contributed by atoms with Crippen LogP contribution >= 0.6 is 0 Å². The third kappa shape index (κ3) is 4.20. The van der Waals surface area contributed by atoms with Gasteiger partial charge in [0.25, 0.3) is 0 Å². The van der Waals surface area contributed by atoms with E-state index in [4.69, 9.17) is 9.94 Å². The quantitative estimate of drug-likeness (QED) is 0.360. The normalized spacial score (nSPS) is 13.1. The average Bonchev–Trinajstić information content (AvgIpc) is 3.15. The maximum Gasteiger partial charge on any atom is 0.177 e. The third-order valence-corrected chi connectivity index (χ3v) is 4.41. The highest BCUT2D eigenvalue weighted by Gasteiger charge is 2.11. The smallest absolute Gasteiger partial charge is 0.177 e. The van der Waals surface area contributed by atoms with Crippen LogP contribution in [-0.4, -0.2) is 60.0 Å². The molecule has 0 amide bonds. The van der Waals surface area contributed by atoms with Gasteiger partial charge in [0.05, 0.1) is 12.1 Å². The van der Waals surface area contributed by atoms with Gasteiger partial charge >= 0.3 is 0 Å². The summed E-state index contributed by atoms with van der Waals surface area (Å²) in [6.45, 7) is 1.28. The van der Waals surface area contributed by atoms with Crippen LogP contribution in [0.2, 0.25) is 0 Å². The fourth-order valence-electron chi connectivity index (χ4n) is 2.87. The van der Waals surface area contributed by atoms with Crippen molar-refractivity contribution in [2.75, 3.05) is 13.2 Å². The summed E-state index contributed by atoms with van der Waals surface area (Å²) >= 11 is 0. The Morgan fingerprint density at radius 3 is 2.97 bits per heavy atom. The summed E-state index contributed by atoms with van der Waals surface area (Å²) in [5.41, 5.74) is 3.79. The van der Waals surface area contributed by atoms with Crippen LogP contribution in [0.5, 0.6) is 0 Å². The molecule has 3 heterocycles. The fourth-order valence-corrected chi connectivity index (χ4v) is 2.87. The van der Waals surface area contributed by atoms with Gasteiger partial charge in [-0.2, -0.15) is 9.61 Å². The number of aliphatic hydroxyl groups is 2. The minimum absolute atomic E-state index is 0.0925. The molecule has 0 saturated heterocycles. The van der Waals surface area contributed by atoms with E-state index in [0.29, 0.717) is 29.3 Å². The predicted octanol–water partition coefficient (Wildman–Crippen LogP) is 1.36. The van der Waals surface area contributed by atoms with Crippen LogP contribution in [-0.2, 0) is 11.3 Å². The van der Waals surface area contributed by atoms with Gasteiger partial charge in [-0.15, -0.1) is 10.2 Å². The largest absolute Gasteiger partial charge is 0.394 e. The molecule has 1 atom stereocenters. The van der Waals surface area contributed by atoms with E-state index in [9.17, 15) is 5.11 Å². The van der Waals surface area contributed by atoms with Gasteiger partial charge in [0.15, 0.2) is 11.5 Å². The Hall–Kier alpha value is -3.43. The number of rotatable bonds is 7. The molecular formula is C20H20N6O3. The van der Waals surface area contributed by atoms with Crippen LogP contribution in [0.1, 0.15) is 24.0 Å². The molecule has 9 heteroatoms. The lowest BCUT2D eigenvalue weighted by Crippen LogP contribution is -2.18. The highest BCUT2D eigenvalue weighted by molar-refractivity contribution is 5.96.